The number of methoxy groups -OCH3 is 1. The number of fused-ring (bicyclic) bond motifs is 1. The molecule has 0 saturated carbocycles. The van der Waals surface area contributed by atoms with Crippen molar-refractivity contribution in [3.05, 3.63) is 22.8 Å². The Hall–Kier alpha value is -1.22. The van der Waals surface area contributed by atoms with E-state index < -0.39 is 0 Å². The zero-order valence-electron chi connectivity index (χ0n) is 7.17. The first kappa shape index (κ1) is 8.38. The van der Waals surface area contributed by atoms with E-state index in [9.17, 15) is 0 Å². The lowest BCUT2D eigenvalue weighted by Crippen LogP contribution is -2.37. The monoisotopic (exact) mass is 196 g/mol. The molecule has 1 aromatic rings. The molecule has 0 aliphatic carbocycles. The van der Waals surface area contributed by atoms with E-state index in [2.05, 4.69) is 10.3 Å². The summed E-state index contributed by atoms with van der Waals surface area (Å²) in [5, 5.41) is 5.40. The highest BCUT2D eigenvalue weighted by Gasteiger charge is 2.02. The summed E-state index contributed by atoms with van der Waals surface area (Å²) in [7, 11) is 1.62. The summed E-state index contributed by atoms with van der Waals surface area (Å²) in [6, 6.07) is 1.92. The second-order valence-electron chi connectivity index (χ2n) is 2.71. The highest BCUT2D eigenvalue weighted by atomic mass is 35.5. The summed E-state index contributed by atoms with van der Waals surface area (Å²) in [6.07, 6.45) is 3.68. The number of aromatic nitrogens is 1. The quantitative estimate of drug-likeness (QED) is 0.631. The summed E-state index contributed by atoms with van der Waals surface area (Å²) in [5.74, 6) is 0.751. The Labute approximate surface area is 80.7 Å². The van der Waals surface area contributed by atoms with Gasteiger partial charge in [-0.2, -0.15) is 0 Å². The molecule has 0 bridgehead atoms. The summed E-state index contributed by atoms with van der Waals surface area (Å²) in [6.45, 7) is 0.737. The Kier molecular flexibility index (Phi) is 2.10. The van der Waals surface area contributed by atoms with Gasteiger partial charge < -0.3 is 10.1 Å². The van der Waals surface area contributed by atoms with E-state index >= 15 is 0 Å². The molecule has 1 N–H and O–H groups in total. The van der Waals surface area contributed by atoms with Crippen molar-refractivity contribution < 1.29 is 4.74 Å². The fraction of sp³-hybridized carbons (Fsp3) is 0.222. The molecule has 0 radical (unpaired) electrons. The molecule has 0 aromatic carbocycles. The van der Waals surface area contributed by atoms with Crippen LogP contribution in [0.15, 0.2) is 12.3 Å². The minimum atomic E-state index is 0.597. The summed E-state index contributed by atoms with van der Waals surface area (Å²) >= 11 is 5.92. The van der Waals surface area contributed by atoms with Gasteiger partial charge in [0.2, 0.25) is 0 Å². The molecule has 1 aliphatic heterocycles. The van der Waals surface area contributed by atoms with Gasteiger partial charge in [0.15, 0.2) is 0 Å². The molecule has 0 saturated heterocycles. The lowest BCUT2D eigenvalue weighted by molar-refractivity contribution is 0.412. The molecule has 13 heavy (non-hydrogen) atoms. The van der Waals surface area contributed by atoms with Crippen LogP contribution in [-0.4, -0.2) is 18.6 Å². The van der Waals surface area contributed by atoms with Gasteiger partial charge in [-0.1, -0.05) is 17.7 Å². The normalized spacial score (nSPS) is 14.2. The Bertz CT molecular complexity index is 441. The number of hydrogen-bond donors (Lipinski definition) is 1. The van der Waals surface area contributed by atoms with Crippen molar-refractivity contribution in [2.45, 2.75) is 0 Å². The second kappa shape index (κ2) is 3.26. The minimum absolute atomic E-state index is 0.597. The highest BCUT2D eigenvalue weighted by Crippen LogP contribution is 2.01. The Morgan fingerprint density at radius 1 is 1.62 bits per heavy atom. The lowest BCUT2D eigenvalue weighted by Gasteiger charge is -2.07. The molecule has 2 rings (SSSR count). The molecule has 1 aromatic heterocycles. The van der Waals surface area contributed by atoms with Gasteiger partial charge in [0.25, 0.3) is 0 Å². The van der Waals surface area contributed by atoms with Gasteiger partial charge in [-0.05, 0) is 6.07 Å². The van der Waals surface area contributed by atoms with Crippen LogP contribution in [0.2, 0.25) is 0 Å². The van der Waals surface area contributed by atoms with Gasteiger partial charge in [-0.3, -0.25) is 0 Å². The van der Waals surface area contributed by atoms with Crippen molar-refractivity contribution in [2.24, 2.45) is 0 Å². The lowest BCUT2D eigenvalue weighted by atomic mass is 10.3. The SMILES string of the molecule is COc1cnc2c(c1)=CCNC=2Cl. The molecule has 4 heteroatoms. The fourth-order valence-corrected chi connectivity index (χ4v) is 1.48. The average molecular weight is 197 g/mol. The summed E-state index contributed by atoms with van der Waals surface area (Å²) < 4.78 is 5.06. The Balaban J connectivity index is 2.72. The zero-order valence-corrected chi connectivity index (χ0v) is 7.93. The molecule has 2 heterocycles. The van der Waals surface area contributed by atoms with E-state index in [1.54, 1.807) is 13.3 Å². The smallest absolute Gasteiger partial charge is 0.137 e. The van der Waals surface area contributed by atoms with Crippen molar-refractivity contribution in [1.29, 1.82) is 0 Å². The van der Waals surface area contributed by atoms with Crippen LogP contribution in [-0.2, 0) is 0 Å². The highest BCUT2D eigenvalue weighted by molar-refractivity contribution is 6.44. The topological polar surface area (TPSA) is 34.1 Å². The van der Waals surface area contributed by atoms with Crippen LogP contribution < -0.4 is 20.6 Å². The van der Waals surface area contributed by atoms with Crippen molar-refractivity contribution in [3.63, 3.8) is 0 Å². The van der Waals surface area contributed by atoms with Crippen molar-refractivity contribution in [2.75, 3.05) is 13.7 Å². The third kappa shape index (κ3) is 1.47. The van der Waals surface area contributed by atoms with Crippen LogP contribution in [0.5, 0.6) is 5.75 Å². The maximum absolute atomic E-state index is 5.92. The molecule has 0 spiro atoms. The zero-order chi connectivity index (χ0) is 9.26. The molecule has 0 atom stereocenters. The van der Waals surface area contributed by atoms with Crippen LogP contribution in [0.3, 0.4) is 0 Å². The first-order valence-corrected chi connectivity index (χ1v) is 4.33. The van der Waals surface area contributed by atoms with E-state index in [-0.39, 0.29) is 0 Å². The van der Waals surface area contributed by atoms with E-state index in [4.69, 9.17) is 16.3 Å². The third-order valence-electron chi connectivity index (χ3n) is 1.91. The van der Waals surface area contributed by atoms with Crippen LogP contribution in [0.1, 0.15) is 0 Å². The number of rotatable bonds is 1. The van der Waals surface area contributed by atoms with E-state index in [1.165, 1.54) is 0 Å². The average Bonchev–Trinajstić information content (AvgIpc) is 2.18. The fourth-order valence-electron chi connectivity index (χ4n) is 1.25. The van der Waals surface area contributed by atoms with Crippen LogP contribution in [0.4, 0.5) is 0 Å². The standard InChI is InChI=1S/C9H9ClN2O/c1-13-7-4-6-2-3-11-9(10)8(6)12-5-7/h2,4-5,11H,3H2,1H3. The number of ether oxygens (including phenoxy) is 1. The van der Waals surface area contributed by atoms with Gasteiger partial charge in [0.05, 0.1) is 13.3 Å². The van der Waals surface area contributed by atoms with Crippen molar-refractivity contribution in [3.8, 4) is 5.75 Å². The summed E-state index contributed by atoms with van der Waals surface area (Å²) in [5.41, 5.74) is 0. The predicted octanol–water partition coefficient (Wildman–Crippen LogP) is -0.222. The second-order valence-corrected chi connectivity index (χ2v) is 3.09. The van der Waals surface area contributed by atoms with Crippen molar-refractivity contribution in [1.82, 2.24) is 10.3 Å². The molecule has 0 amide bonds. The molecular formula is C9H9ClN2O. The maximum atomic E-state index is 5.92. The number of nitrogens with one attached hydrogen (secondary N) is 1. The van der Waals surface area contributed by atoms with Crippen LogP contribution in [0.25, 0.3) is 11.2 Å². The van der Waals surface area contributed by atoms with Gasteiger partial charge in [0, 0.05) is 11.8 Å². The van der Waals surface area contributed by atoms with Gasteiger partial charge in [-0.15, -0.1) is 0 Å². The first-order valence-electron chi connectivity index (χ1n) is 3.95. The first-order chi connectivity index (χ1) is 6.31. The summed E-state index contributed by atoms with van der Waals surface area (Å²) in [4.78, 5) is 4.18. The molecule has 68 valence electrons. The van der Waals surface area contributed by atoms with E-state index in [0.29, 0.717) is 5.16 Å². The molecular weight excluding hydrogens is 188 g/mol. The minimum Gasteiger partial charge on any atom is -0.495 e. The molecule has 1 aliphatic rings. The number of nitrogens with zero attached hydrogens (tertiary/aromatic N) is 1. The van der Waals surface area contributed by atoms with Gasteiger partial charge >= 0.3 is 0 Å². The maximum Gasteiger partial charge on any atom is 0.137 e. The molecule has 0 fully saturated rings. The molecule has 3 nitrogen and oxygen atoms in total. The van der Waals surface area contributed by atoms with E-state index in [1.807, 2.05) is 12.1 Å². The third-order valence-corrected chi connectivity index (χ3v) is 2.23. The largest absolute Gasteiger partial charge is 0.495 e. The van der Waals surface area contributed by atoms with Crippen molar-refractivity contribution >= 4 is 22.8 Å². The van der Waals surface area contributed by atoms with Crippen LogP contribution >= 0.6 is 11.6 Å². The molecule has 0 unspecified atom stereocenters. The predicted molar refractivity (Wildman–Crippen MR) is 51.8 cm³/mol. The Morgan fingerprint density at radius 3 is 3.23 bits per heavy atom. The van der Waals surface area contributed by atoms with Crippen LogP contribution in [0, 0.1) is 0 Å². The number of pyridine rings is 1. The Morgan fingerprint density at radius 2 is 2.46 bits per heavy atom. The number of halogens is 1. The van der Waals surface area contributed by atoms with Gasteiger partial charge in [0.1, 0.15) is 16.3 Å². The van der Waals surface area contributed by atoms with E-state index in [0.717, 1.165) is 22.9 Å². The van der Waals surface area contributed by atoms with Gasteiger partial charge in [-0.25, -0.2) is 4.98 Å². The number of hydrogen-bond acceptors (Lipinski definition) is 3.